The molecule has 0 amide bonds. The largest absolute Gasteiger partial charge is 0 e. The second-order valence-corrected chi connectivity index (χ2v) is 4.34. The standard InChI is InChI=1S/CH5AsO3.Zn/c1-2(3,4)5;/h1H3,(H2,3,4,5);. The maximum absolute atomic E-state index is 9.39. The van der Waals surface area contributed by atoms with Gasteiger partial charge in [0.2, 0.25) is 0 Å². The van der Waals surface area contributed by atoms with Gasteiger partial charge in [-0.05, 0) is 0 Å². The molecule has 34 valence electrons. The summed E-state index contributed by atoms with van der Waals surface area (Å²) in [5, 5.41) is 0. The number of hydrogen-bond donors (Lipinski definition) is 2. The zero-order chi connectivity index (χ0) is 4.50. The third kappa shape index (κ3) is 91.8. The van der Waals surface area contributed by atoms with Crippen LogP contribution in [-0.2, 0) is 23.2 Å². The van der Waals surface area contributed by atoms with Crippen molar-refractivity contribution in [1.82, 2.24) is 0 Å². The van der Waals surface area contributed by atoms with Gasteiger partial charge in [0, 0.05) is 19.5 Å². The van der Waals surface area contributed by atoms with Crippen molar-refractivity contribution in [3.63, 3.8) is 0 Å². The van der Waals surface area contributed by atoms with Crippen molar-refractivity contribution >= 4 is 14.2 Å². The van der Waals surface area contributed by atoms with Gasteiger partial charge in [-0.1, -0.05) is 0 Å². The van der Waals surface area contributed by atoms with Gasteiger partial charge in [0.1, 0.15) is 0 Å². The van der Waals surface area contributed by atoms with Crippen molar-refractivity contribution in [3.8, 4) is 0 Å². The van der Waals surface area contributed by atoms with Gasteiger partial charge in [-0.3, -0.25) is 0 Å². The van der Waals surface area contributed by atoms with E-state index < -0.39 is 14.2 Å². The average molecular weight is 205 g/mol. The molecule has 0 saturated carbocycles. The molecule has 0 spiro atoms. The van der Waals surface area contributed by atoms with E-state index >= 15 is 0 Å². The third-order valence-corrected chi connectivity index (χ3v) is 0. The maximum atomic E-state index is 9.39. The molecule has 0 unspecified atom stereocenters. The predicted molar refractivity (Wildman–Crippen MR) is 16.7 cm³/mol. The zero-order valence-corrected chi connectivity index (χ0v) is 8.30. The van der Waals surface area contributed by atoms with Gasteiger partial charge in [-0.2, -0.15) is 0 Å². The molecular weight excluding hydrogens is 200 g/mol. The fraction of sp³-hybridized carbons (Fsp3) is 1.00. The number of hydrogen-bond acceptors (Lipinski definition) is 1. The average Bonchev–Trinajstić information content (AvgIpc) is 0.722. The fourth-order valence-corrected chi connectivity index (χ4v) is 0. The van der Waals surface area contributed by atoms with Crippen LogP contribution in [0.15, 0.2) is 0 Å². The van der Waals surface area contributed by atoms with Crippen molar-refractivity contribution in [2.24, 2.45) is 0 Å². The molecule has 0 fully saturated rings. The molecule has 0 aliphatic rings. The van der Waals surface area contributed by atoms with Crippen LogP contribution < -0.4 is 0 Å². The first-order chi connectivity index (χ1) is 2.00. The summed E-state index contributed by atoms with van der Waals surface area (Å²) in [6, 6.07) is 0. The minimum Gasteiger partial charge on any atom is 0 e. The van der Waals surface area contributed by atoms with Crippen LogP contribution in [0.3, 0.4) is 0 Å². The van der Waals surface area contributed by atoms with Gasteiger partial charge in [0.25, 0.3) is 0 Å². The molecule has 0 aliphatic heterocycles. The molecule has 0 aromatic rings. The molecule has 0 aliphatic carbocycles. The summed E-state index contributed by atoms with van der Waals surface area (Å²) in [5.74, 6) is 0. The molecule has 0 aromatic carbocycles. The molecule has 2 N–H and O–H groups in total. The second kappa shape index (κ2) is 2.98. The Kier molecular flexibility index (Phi) is 4.96. The van der Waals surface area contributed by atoms with E-state index in [1.165, 1.54) is 0 Å². The smallest absolute Gasteiger partial charge is 0 e. The maximum Gasteiger partial charge on any atom is 0 e. The molecule has 6 heavy (non-hydrogen) atoms. The number of rotatable bonds is 0. The van der Waals surface area contributed by atoms with E-state index in [9.17, 15) is 3.74 Å². The van der Waals surface area contributed by atoms with E-state index in [-0.39, 0.29) is 19.5 Å². The van der Waals surface area contributed by atoms with Crippen molar-refractivity contribution < 1.29 is 31.4 Å². The van der Waals surface area contributed by atoms with Gasteiger partial charge in [-0.25, -0.2) is 0 Å². The molecule has 0 heterocycles. The molecule has 0 radical (unpaired) electrons. The predicted octanol–water partition coefficient (Wildman–Crippen LogP) is -1.03. The molecule has 3 nitrogen and oxygen atoms in total. The summed E-state index contributed by atoms with van der Waals surface area (Å²) < 4.78 is 24.8. The minimum atomic E-state index is -4.12. The van der Waals surface area contributed by atoms with Crippen LogP contribution in [0.25, 0.3) is 0 Å². The first-order valence-electron chi connectivity index (χ1n) is 1.03. The molecular formula is CH5AsO3Zn. The summed E-state index contributed by atoms with van der Waals surface area (Å²) in [5.41, 5.74) is 0.915. The Labute approximate surface area is 51.5 Å². The van der Waals surface area contributed by atoms with Crippen molar-refractivity contribution in [2.45, 2.75) is 5.71 Å². The molecule has 0 bridgehead atoms. The first-order valence-corrected chi connectivity index (χ1v) is 5.35. The quantitative estimate of drug-likeness (QED) is 0.497. The summed E-state index contributed by atoms with van der Waals surface area (Å²) in [7, 11) is 0. The van der Waals surface area contributed by atoms with E-state index in [1.54, 1.807) is 0 Å². The van der Waals surface area contributed by atoms with E-state index in [0.717, 1.165) is 5.71 Å². The van der Waals surface area contributed by atoms with Gasteiger partial charge in [0.05, 0.1) is 0 Å². The molecule has 0 atom stereocenters. The first kappa shape index (κ1) is 10.0. The zero-order valence-electron chi connectivity index (χ0n) is 3.46. The second-order valence-electron chi connectivity index (χ2n) is 0.835. The Hall–Kier alpha value is 0.902. The Morgan fingerprint density at radius 3 is 1.50 bits per heavy atom. The van der Waals surface area contributed by atoms with Crippen molar-refractivity contribution in [3.05, 3.63) is 0 Å². The molecule has 0 rings (SSSR count). The van der Waals surface area contributed by atoms with Gasteiger partial charge < -0.3 is 0 Å². The normalized spacial score (nSPS) is 9.83. The van der Waals surface area contributed by atoms with Crippen LogP contribution in [0.2, 0.25) is 5.71 Å². The minimum absolute atomic E-state index is 0. The Bertz CT molecular complexity index is 56.9. The van der Waals surface area contributed by atoms with E-state index in [4.69, 9.17) is 8.19 Å². The van der Waals surface area contributed by atoms with E-state index in [0.29, 0.717) is 0 Å². The Balaban J connectivity index is 0. The monoisotopic (exact) mass is 204 g/mol. The van der Waals surface area contributed by atoms with Crippen LogP contribution in [0, 0.1) is 0 Å². The van der Waals surface area contributed by atoms with Crippen LogP contribution in [-0.4, -0.2) is 22.4 Å². The van der Waals surface area contributed by atoms with Crippen molar-refractivity contribution in [1.29, 1.82) is 0 Å². The Morgan fingerprint density at radius 2 is 1.50 bits per heavy atom. The van der Waals surface area contributed by atoms with Crippen LogP contribution in [0.5, 0.6) is 0 Å². The van der Waals surface area contributed by atoms with Gasteiger partial charge in [-0.15, -0.1) is 0 Å². The van der Waals surface area contributed by atoms with Crippen molar-refractivity contribution in [2.75, 3.05) is 0 Å². The molecule has 0 saturated heterocycles. The topological polar surface area (TPSA) is 57.5 Å². The van der Waals surface area contributed by atoms with Crippen LogP contribution >= 0.6 is 0 Å². The molecule has 0 aromatic heterocycles. The summed E-state index contributed by atoms with van der Waals surface area (Å²) in [6.07, 6.45) is 0. The molecule has 5 heteroatoms. The summed E-state index contributed by atoms with van der Waals surface area (Å²) in [6.45, 7) is 0. The van der Waals surface area contributed by atoms with Gasteiger partial charge in [0.15, 0.2) is 0 Å². The van der Waals surface area contributed by atoms with Gasteiger partial charge >= 0.3 is 31.8 Å². The Morgan fingerprint density at radius 1 is 1.50 bits per heavy atom. The summed E-state index contributed by atoms with van der Waals surface area (Å²) in [4.78, 5) is 0. The van der Waals surface area contributed by atoms with E-state index in [2.05, 4.69) is 0 Å². The third-order valence-electron chi connectivity index (χ3n) is 0. The SMILES string of the molecule is C[As](=O)(O)O.[Zn]. The summed E-state index contributed by atoms with van der Waals surface area (Å²) >= 11 is -4.12. The van der Waals surface area contributed by atoms with Crippen LogP contribution in [0.1, 0.15) is 0 Å². The van der Waals surface area contributed by atoms with E-state index in [1.807, 2.05) is 0 Å². The fourth-order valence-electron chi connectivity index (χ4n) is 0. The van der Waals surface area contributed by atoms with Crippen LogP contribution in [0.4, 0.5) is 0 Å².